The molecule has 0 amide bonds. The number of aromatic nitrogens is 4. The molecule has 5 nitrogen and oxygen atoms in total. The van der Waals surface area contributed by atoms with Crippen molar-refractivity contribution in [2.75, 3.05) is 11.4 Å². The zero-order chi connectivity index (χ0) is 13.6. The van der Waals surface area contributed by atoms with Crippen LogP contribution in [0.3, 0.4) is 0 Å². The highest BCUT2D eigenvalue weighted by Gasteiger charge is 2.43. The zero-order valence-electron chi connectivity index (χ0n) is 12.0. The summed E-state index contributed by atoms with van der Waals surface area (Å²) in [6.45, 7) is 10.3. The normalized spacial score (nSPS) is 23.4. The van der Waals surface area contributed by atoms with Crippen LogP contribution in [0.15, 0.2) is 18.7 Å². The largest absolute Gasteiger partial charge is 0.349 e. The summed E-state index contributed by atoms with van der Waals surface area (Å²) in [5.41, 5.74) is 0.857. The predicted octanol–water partition coefficient (Wildman–Crippen LogP) is 2.24. The molecule has 102 valence electrons. The maximum atomic E-state index is 4.53. The molecule has 0 N–H and O–H groups in total. The van der Waals surface area contributed by atoms with Crippen LogP contribution in [-0.2, 0) is 0 Å². The van der Waals surface area contributed by atoms with Gasteiger partial charge in [-0.1, -0.05) is 27.7 Å². The van der Waals surface area contributed by atoms with Gasteiger partial charge < -0.3 is 4.90 Å². The predicted molar refractivity (Wildman–Crippen MR) is 75.1 cm³/mol. The van der Waals surface area contributed by atoms with E-state index in [-0.39, 0.29) is 0 Å². The fourth-order valence-corrected chi connectivity index (χ4v) is 3.18. The lowest BCUT2D eigenvalue weighted by Gasteiger charge is -2.53. The van der Waals surface area contributed by atoms with E-state index in [4.69, 9.17) is 0 Å². The Kier molecular flexibility index (Phi) is 2.92. The Morgan fingerprint density at radius 2 is 2.00 bits per heavy atom. The quantitative estimate of drug-likeness (QED) is 0.848. The maximum absolute atomic E-state index is 4.53. The monoisotopic (exact) mass is 259 g/mol. The summed E-state index contributed by atoms with van der Waals surface area (Å²) in [4.78, 5) is 6.92. The van der Waals surface area contributed by atoms with Gasteiger partial charge in [-0.2, -0.15) is 0 Å². The minimum absolute atomic E-state index is 0.551. The minimum atomic E-state index is 0.551. The first kappa shape index (κ1) is 12.4. The van der Waals surface area contributed by atoms with Crippen molar-refractivity contribution < 1.29 is 0 Å². The van der Waals surface area contributed by atoms with Gasteiger partial charge in [-0.25, -0.2) is 4.98 Å². The van der Waals surface area contributed by atoms with Gasteiger partial charge in [-0.15, -0.1) is 10.2 Å². The van der Waals surface area contributed by atoms with Crippen LogP contribution in [0.4, 0.5) is 5.82 Å². The van der Waals surface area contributed by atoms with Gasteiger partial charge in [0.05, 0.1) is 0 Å². The summed E-state index contributed by atoms with van der Waals surface area (Å²) in [6.07, 6.45) is 5.44. The maximum Gasteiger partial charge on any atom is 0.203 e. The molecule has 0 aromatic carbocycles. The molecule has 2 atom stereocenters. The Morgan fingerprint density at radius 1 is 1.21 bits per heavy atom. The molecule has 5 heteroatoms. The van der Waals surface area contributed by atoms with E-state index in [1.165, 1.54) is 0 Å². The fourth-order valence-electron chi connectivity index (χ4n) is 3.18. The highest BCUT2D eigenvalue weighted by Crippen LogP contribution is 2.39. The summed E-state index contributed by atoms with van der Waals surface area (Å²) >= 11 is 0. The van der Waals surface area contributed by atoms with Crippen molar-refractivity contribution in [3.8, 4) is 0 Å². The van der Waals surface area contributed by atoms with Gasteiger partial charge in [-0.3, -0.25) is 4.40 Å². The first-order chi connectivity index (χ1) is 9.09. The number of anilines is 1. The summed E-state index contributed by atoms with van der Waals surface area (Å²) in [5, 5.41) is 8.17. The van der Waals surface area contributed by atoms with E-state index in [9.17, 15) is 0 Å². The summed E-state index contributed by atoms with van der Waals surface area (Å²) in [5.74, 6) is 3.04. The lowest BCUT2D eigenvalue weighted by Crippen LogP contribution is -2.61. The first-order valence-electron chi connectivity index (χ1n) is 7.00. The SMILES string of the molecule is CC(C)[C@H]1CN(c2nccn3cnnc23)[C@H]1C(C)C. The van der Waals surface area contributed by atoms with E-state index in [1.807, 2.05) is 16.8 Å². The smallest absolute Gasteiger partial charge is 0.203 e. The van der Waals surface area contributed by atoms with Crippen LogP contribution in [-0.4, -0.2) is 32.2 Å². The molecule has 2 aromatic rings. The molecule has 2 aromatic heterocycles. The molecule has 1 saturated heterocycles. The van der Waals surface area contributed by atoms with E-state index < -0.39 is 0 Å². The molecule has 1 fully saturated rings. The topological polar surface area (TPSA) is 46.3 Å². The van der Waals surface area contributed by atoms with Crippen LogP contribution in [0.5, 0.6) is 0 Å². The third-order valence-electron chi connectivity index (χ3n) is 4.21. The molecular weight excluding hydrogens is 238 g/mol. The van der Waals surface area contributed by atoms with Gasteiger partial charge in [0.25, 0.3) is 0 Å². The van der Waals surface area contributed by atoms with Crippen molar-refractivity contribution in [3.05, 3.63) is 18.7 Å². The Balaban J connectivity index is 1.96. The zero-order valence-corrected chi connectivity index (χ0v) is 12.0. The first-order valence-corrected chi connectivity index (χ1v) is 7.00. The van der Waals surface area contributed by atoms with E-state index in [2.05, 4.69) is 47.8 Å². The van der Waals surface area contributed by atoms with Crippen LogP contribution in [0.2, 0.25) is 0 Å². The average Bonchev–Trinajstić information content (AvgIpc) is 2.74. The number of fused-ring (bicyclic) bond motifs is 1. The molecule has 1 aliphatic heterocycles. The van der Waals surface area contributed by atoms with Crippen LogP contribution >= 0.6 is 0 Å². The van der Waals surface area contributed by atoms with Crippen LogP contribution in [0.25, 0.3) is 5.65 Å². The van der Waals surface area contributed by atoms with Gasteiger partial charge in [0, 0.05) is 25.0 Å². The summed E-state index contributed by atoms with van der Waals surface area (Å²) < 4.78 is 1.93. The summed E-state index contributed by atoms with van der Waals surface area (Å²) in [6, 6.07) is 0.551. The van der Waals surface area contributed by atoms with Crippen molar-refractivity contribution >= 4 is 11.5 Å². The Labute approximate surface area is 113 Å². The van der Waals surface area contributed by atoms with Crippen molar-refractivity contribution in [1.82, 2.24) is 19.6 Å². The molecule has 0 spiro atoms. The van der Waals surface area contributed by atoms with Crippen molar-refractivity contribution in [3.63, 3.8) is 0 Å². The van der Waals surface area contributed by atoms with Gasteiger partial charge >= 0.3 is 0 Å². The van der Waals surface area contributed by atoms with E-state index in [1.54, 1.807) is 6.33 Å². The molecular formula is C14H21N5. The number of nitrogens with zero attached hydrogens (tertiary/aromatic N) is 5. The number of hydrogen-bond acceptors (Lipinski definition) is 4. The molecule has 3 heterocycles. The highest BCUT2D eigenvalue weighted by atomic mass is 15.3. The van der Waals surface area contributed by atoms with E-state index >= 15 is 0 Å². The molecule has 19 heavy (non-hydrogen) atoms. The van der Waals surface area contributed by atoms with Gasteiger partial charge in [0.1, 0.15) is 6.33 Å². The van der Waals surface area contributed by atoms with Crippen LogP contribution < -0.4 is 4.90 Å². The third kappa shape index (κ3) is 1.88. The lowest BCUT2D eigenvalue weighted by atomic mass is 9.75. The van der Waals surface area contributed by atoms with Crippen molar-refractivity contribution in [2.45, 2.75) is 33.7 Å². The number of hydrogen-bond donors (Lipinski definition) is 0. The Bertz CT molecular complexity index is 574. The molecule has 3 rings (SSSR count). The van der Waals surface area contributed by atoms with Crippen LogP contribution in [0, 0.1) is 17.8 Å². The molecule has 0 unspecified atom stereocenters. The van der Waals surface area contributed by atoms with Gasteiger partial charge in [-0.05, 0) is 17.8 Å². The van der Waals surface area contributed by atoms with E-state index in [0.29, 0.717) is 17.9 Å². The second-order valence-corrected chi connectivity index (χ2v) is 6.11. The molecule has 0 radical (unpaired) electrons. The minimum Gasteiger partial charge on any atom is -0.349 e. The van der Waals surface area contributed by atoms with Gasteiger partial charge in [0.15, 0.2) is 5.82 Å². The Hall–Kier alpha value is -1.65. The van der Waals surface area contributed by atoms with Gasteiger partial charge in [0.2, 0.25) is 5.65 Å². The van der Waals surface area contributed by atoms with Crippen molar-refractivity contribution in [1.29, 1.82) is 0 Å². The molecule has 0 saturated carbocycles. The Morgan fingerprint density at radius 3 is 2.68 bits per heavy atom. The lowest BCUT2D eigenvalue weighted by molar-refractivity contribution is 0.176. The summed E-state index contributed by atoms with van der Waals surface area (Å²) in [7, 11) is 0. The molecule has 0 bridgehead atoms. The van der Waals surface area contributed by atoms with E-state index in [0.717, 1.165) is 23.9 Å². The standard InChI is InChI=1S/C14H21N5/c1-9(2)11-7-19(12(11)10(3)4)13-14-17-16-8-18(14)6-5-15-13/h5-6,8-12H,7H2,1-4H3/t11-,12+/m1/s1. The second-order valence-electron chi connectivity index (χ2n) is 6.11. The third-order valence-corrected chi connectivity index (χ3v) is 4.21. The van der Waals surface area contributed by atoms with Crippen LogP contribution in [0.1, 0.15) is 27.7 Å². The molecule has 1 aliphatic rings. The number of rotatable bonds is 3. The van der Waals surface area contributed by atoms with Crippen molar-refractivity contribution in [2.24, 2.45) is 17.8 Å². The average molecular weight is 259 g/mol. The second kappa shape index (κ2) is 4.47. The highest BCUT2D eigenvalue weighted by molar-refractivity contribution is 5.65. The fraction of sp³-hybridized carbons (Fsp3) is 0.643. The molecule has 0 aliphatic carbocycles.